The van der Waals surface area contributed by atoms with Gasteiger partial charge in [-0.3, -0.25) is 14.4 Å². The monoisotopic (exact) mass is 1140 g/mol. The number of hydrogen-bond acceptors (Lipinski definition) is 13. The van der Waals surface area contributed by atoms with Gasteiger partial charge in [0.15, 0.2) is 22.8 Å². The lowest BCUT2D eigenvalue weighted by Crippen LogP contribution is -2.48. The van der Waals surface area contributed by atoms with Gasteiger partial charge in [-0.05, 0) is 181 Å². The summed E-state index contributed by atoms with van der Waals surface area (Å²) in [5.41, 5.74) is 14.9. The normalized spacial score (nSPS) is 17.2. The molecule has 2 saturated heterocycles. The van der Waals surface area contributed by atoms with Gasteiger partial charge in [0.1, 0.15) is 34.3 Å². The molecule has 0 aliphatic carbocycles. The number of hydrogen-bond donors (Lipinski definition) is 6. The summed E-state index contributed by atoms with van der Waals surface area (Å²) >= 11 is 0. The average Bonchev–Trinajstić information content (AvgIpc) is 4.51. The van der Waals surface area contributed by atoms with E-state index < -0.39 is 48.4 Å². The number of furan rings is 2. The van der Waals surface area contributed by atoms with Crippen LogP contribution in [0, 0.1) is 13.8 Å². The summed E-state index contributed by atoms with van der Waals surface area (Å²) < 4.78 is 87.0. The molecule has 2 aliphatic rings. The third kappa shape index (κ3) is 15.0. The van der Waals surface area contributed by atoms with E-state index in [0.717, 1.165) is 77.1 Å². The van der Waals surface area contributed by atoms with Crippen molar-refractivity contribution >= 4 is 69.2 Å². The molecule has 15 nitrogen and oxygen atoms in total. The van der Waals surface area contributed by atoms with E-state index in [-0.39, 0.29) is 55.2 Å². The molecule has 4 aromatic heterocycles. The lowest BCUT2D eigenvalue weighted by atomic mass is 9.99. The van der Waals surface area contributed by atoms with Crippen LogP contribution in [0.1, 0.15) is 80.2 Å². The number of nitrogens with one attached hydrogen (secondary N) is 1. The first-order valence-corrected chi connectivity index (χ1v) is 26.2. The van der Waals surface area contributed by atoms with Crippen LogP contribution in [-0.2, 0) is 22.4 Å². The fourth-order valence-corrected chi connectivity index (χ4v) is 9.32. The van der Waals surface area contributed by atoms with Crippen LogP contribution < -0.4 is 16.8 Å². The number of aryl methyl sites for hydroxylation is 4. The van der Waals surface area contributed by atoms with Gasteiger partial charge < -0.3 is 45.8 Å². The Bertz CT molecular complexity index is 3700. The zero-order valence-corrected chi connectivity index (χ0v) is 45.0. The maximum absolute atomic E-state index is 13.1. The number of benzene rings is 4. The highest BCUT2D eigenvalue weighted by Gasteiger charge is 2.58. The Labute approximate surface area is 471 Å². The zero-order valence-electron chi connectivity index (χ0n) is 45.0. The molecule has 0 radical (unpaired) electrons. The van der Waals surface area contributed by atoms with Crippen LogP contribution in [0.4, 0.5) is 38.0 Å². The van der Waals surface area contributed by atoms with Crippen molar-refractivity contribution in [2.24, 2.45) is 0 Å². The third-order valence-electron chi connectivity index (χ3n) is 14.1. The Balaban J connectivity index is 0.000000189. The average molecular weight is 1150 g/mol. The number of carbonyl (C=O) groups excluding carboxylic acids is 3. The Hall–Kier alpha value is -8.92. The number of anilines is 2. The van der Waals surface area contributed by atoms with Crippen molar-refractivity contribution < 1.29 is 69.7 Å². The number of β-amino-alcohol motifs (C(OH)–C–C–N with tert-alkyl or cyclic N) is 2. The van der Waals surface area contributed by atoms with Gasteiger partial charge in [0.05, 0.1) is 12.1 Å². The maximum atomic E-state index is 13.1. The lowest BCUT2D eigenvalue weighted by Gasteiger charge is -2.25. The van der Waals surface area contributed by atoms with E-state index in [1.807, 2.05) is 50.2 Å². The van der Waals surface area contributed by atoms with Gasteiger partial charge in [-0.1, -0.05) is 24.3 Å². The molecule has 8 aromatic rings. The molecular formula is C62H58F6N6O9. The number of aliphatic hydroxyl groups is 2. The van der Waals surface area contributed by atoms with Crippen molar-refractivity contribution in [1.29, 1.82) is 0 Å². The molecule has 83 heavy (non-hydrogen) atoms. The van der Waals surface area contributed by atoms with E-state index in [9.17, 15) is 50.6 Å². The highest BCUT2D eigenvalue weighted by Crippen LogP contribution is 2.39. The predicted octanol–water partition coefficient (Wildman–Crippen LogP) is 11.3. The fraction of sp³-hybridized carbons (Fsp3) is 0.258. The number of carboxylic acid groups (broad SMARTS) is 1. The number of carbonyl (C=O) groups is 4. The minimum atomic E-state index is -4.79. The van der Waals surface area contributed by atoms with Crippen molar-refractivity contribution in [2.45, 2.75) is 75.9 Å². The fourth-order valence-electron chi connectivity index (χ4n) is 9.32. The van der Waals surface area contributed by atoms with E-state index in [4.69, 9.17) is 30.5 Å². The Morgan fingerprint density at radius 1 is 0.627 bits per heavy atom. The minimum Gasteiger partial charge on any atom is -0.478 e. The summed E-state index contributed by atoms with van der Waals surface area (Å²) in [6.45, 7) is 2.79. The van der Waals surface area contributed by atoms with Gasteiger partial charge in [-0.15, -0.1) is 0 Å². The van der Waals surface area contributed by atoms with Gasteiger partial charge in [0, 0.05) is 73.9 Å². The number of aromatic nitrogens is 2. The van der Waals surface area contributed by atoms with Gasteiger partial charge in [0.25, 0.3) is 5.91 Å². The highest BCUT2D eigenvalue weighted by atomic mass is 19.4. The van der Waals surface area contributed by atoms with Gasteiger partial charge >= 0.3 is 18.3 Å². The molecule has 10 rings (SSSR count). The van der Waals surface area contributed by atoms with Crippen molar-refractivity contribution in [3.05, 3.63) is 179 Å². The molecule has 6 heterocycles. The standard InChI is InChI=1S/C31H28F3N3O4.C26H22N2O4.C5H8F3NO/c1-19-14-23(21-4-6-22(7-5-21)29(39)37-13-12-30(40,18-37)31(32,33)34)15-24-16-26(41-28(19)24)10-9-25(38)8-2-20-3-11-27(35)36-17-20;1-16-12-20(18-4-6-19(7-5-18)26(30)31)13-21-14-23(32-25(16)21)10-9-22(29)8-2-17-3-11-24(27)28-15-17;6-5(7,8)4(10)1-2-9-3-4/h2-8,11,14-17,40H,9-10,12-13,18H2,1H3,(H2,35,36);2-8,11-15H,9-10H2,1H3,(H2,27,28)(H,30,31);9-10H,1-3H2/b2*8-2+;. The number of fused-ring (bicyclic) bond motifs is 2. The van der Waals surface area contributed by atoms with Crippen molar-refractivity contribution in [1.82, 2.24) is 20.2 Å². The number of carboxylic acids is 1. The van der Waals surface area contributed by atoms with Crippen molar-refractivity contribution in [2.75, 3.05) is 37.6 Å². The number of aromatic carboxylic acids is 1. The number of pyridine rings is 2. The molecule has 0 bridgehead atoms. The number of allylic oxidation sites excluding steroid dienone is 2. The Morgan fingerprint density at radius 2 is 1.08 bits per heavy atom. The van der Waals surface area contributed by atoms with Crippen LogP contribution in [0.25, 0.3) is 56.3 Å². The SMILES string of the molecule is Cc1cc(-c2ccc(C(=O)N3CCC(O)(C(F)(F)F)C3)cc2)cc2cc(CCC(=O)/C=C/c3ccc(N)nc3)oc12.Cc1cc(-c2ccc(C(=O)O)cc2)cc2cc(CCC(=O)/C=C/c3ccc(N)nc3)oc12.OC1(C(F)(F)F)CCNC1. The third-order valence-corrected chi connectivity index (χ3v) is 14.1. The van der Waals surface area contributed by atoms with E-state index in [1.165, 1.54) is 6.08 Å². The smallest absolute Gasteiger partial charge is 0.419 e. The molecule has 1 amide bonds. The van der Waals surface area contributed by atoms with Crippen LogP contribution in [0.2, 0.25) is 0 Å². The topological polar surface area (TPSA) is 248 Å². The number of nitrogens with two attached hydrogens (primary N) is 2. The molecule has 21 heteroatoms. The van der Waals surface area contributed by atoms with Gasteiger partial charge in [0.2, 0.25) is 0 Å². The summed E-state index contributed by atoms with van der Waals surface area (Å²) in [6, 6.07) is 32.1. The largest absolute Gasteiger partial charge is 0.478 e. The first-order chi connectivity index (χ1) is 39.3. The first kappa shape index (κ1) is 60.2. The number of alkyl halides is 6. The molecule has 8 N–H and O–H groups in total. The van der Waals surface area contributed by atoms with E-state index in [1.54, 1.807) is 103 Å². The van der Waals surface area contributed by atoms with Gasteiger partial charge in [-0.25, -0.2) is 14.8 Å². The minimum absolute atomic E-state index is 0.00166. The number of likely N-dealkylation sites (tertiary alicyclic amines) is 1. The number of amides is 1. The second-order valence-corrected chi connectivity index (χ2v) is 20.4. The summed E-state index contributed by atoms with van der Waals surface area (Å²) in [5, 5.41) is 32.1. The van der Waals surface area contributed by atoms with Gasteiger partial charge in [-0.2, -0.15) is 26.3 Å². The molecule has 2 unspecified atom stereocenters. The second-order valence-electron chi connectivity index (χ2n) is 20.4. The van der Waals surface area contributed by atoms with Crippen LogP contribution in [0.3, 0.4) is 0 Å². The lowest BCUT2D eigenvalue weighted by molar-refractivity contribution is -0.253. The summed E-state index contributed by atoms with van der Waals surface area (Å²) in [5.74, 6) is 0.723. The van der Waals surface area contributed by atoms with Crippen molar-refractivity contribution in [3.63, 3.8) is 0 Å². The molecule has 4 aromatic carbocycles. The molecular weight excluding hydrogens is 1090 g/mol. The first-order valence-electron chi connectivity index (χ1n) is 26.2. The van der Waals surface area contributed by atoms with Crippen molar-refractivity contribution in [3.8, 4) is 22.3 Å². The number of nitrogens with zero attached hydrogens (tertiary/aromatic N) is 3. The molecule has 0 spiro atoms. The van der Waals surface area contributed by atoms with E-state index in [0.29, 0.717) is 36.7 Å². The summed E-state index contributed by atoms with van der Waals surface area (Å²) in [4.78, 5) is 57.5. The Kier molecular flexibility index (Phi) is 18.2. The summed E-state index contributed by atoms with van der Waals surface area (Å²) in [7, 11) is 0. The molecule has 2 fully saturated rings. The molecule has 2 aliphatic heterocycles. The molecule has 432 valence electrons. The van der Waals surface area contributed by atoms with Crippen LogP contribution in [0.15, 0.2) is 143 Å². The maximum Gasteiger partial charge on any atom is 0.419 e. The zero-order chi connectivity index (χ0) is 59.9. The number of nitrogen functional groups attached to an aromatic ring is 2. The number of ketones is 2. The number of halogens is 6. The number of rotatable bonds is 14. The molecule has 2 atom stereocenters. The van der Waals surface area contributed by atoms with Crippen LogP contribution >= 0.6 is 0 Å². The highest BCUT2D eigenvalue weighted by molar-refractivity contribution is 5.96. The second kappa shape index (κ2) is 25.1. The Morgan fingerprint density at radius 3 is 1.46 bits per heavy atom. The predicted molar refractivity (Wildman–Crippen MR) is 302 cm³/mol. The quantitative estimate of drug-likeness (QED) is 0.0438. The molecule has 0 saturated carbocycles. The van der Waals surface area contributed by atoms with E-state index in [2.05, 4.69) is 15.3 Å². The van der Waals surface area contributed by atoms with E-state index >= 15 is 0 Å². The van der Waals surface area contributed by atoms with Crippen LogP contribution in [0.5, 0.6) is 0 Å². The van der Waals surface area contributed by atoms with Crippen LogP contribution in [-0.4, -0.2) is 103 Å². The summed E-state index contributed by atoms with van der Waals surface area (Å²) in [6.07, 6.45) is 1.15.